The second-order valence-corrected chi connectivity index (χ2v) is 5.56. The van der Waals surface area contributed by atoms with Crippen molar-refractivity contribution in [3.63, 3.8) is 0 Å². The lowest BCUT2D eigenvalue weighted by Gasteiger charge is -2.32. The van der Waals surface area contributed by atoms with Crippen LogP contribution >= 0.6 is 0 Å². The first-order valence-corrected chi connectivity index (χ1v) is 7.61. The third-order valence-corrected chi connectivity index (χ3v) is 4.06. The first-order chi connectivity index (χ1) is 11.3. The van der Waals surface area contributed by atoms with Crippen LogP contribution in [-0.4, -0.2) is 39.1 Å². The Morgan fingerprint density at radius 3 is 2.65 bits per heavy atom. The number of aromatic nitrogens is 4. The van der Waals surface area contributed by atoms with Gasteiger partial charge in [-0.05, 0) is 24.3 Å². The first kappa shape index (κ1) is 13.9. The van der Waals surface area contributed by atoms with Crippen molar-refractivity contribution in [1.82, 2.24) is 19.9 Å². The number of fused-ring (bicyclic) bond motifs is 1. The van der Waals surface area contributed by atoms with Crippen LogP contribution in [0.3, 0.4) is 0 Å². The molecule has 1 fully saturated rings. The van der Waals surface area contributed by atoms with E-state index in [-0.39, 0.29) is 11.9 Å². The number of ether oxygens (including phenoxy) is 1. The Bertz CT molecular complexity index is 796. The number of anilines is 1. The molecular weight excluding hydrogens is 297 g/mol. The molecule has 1 saturated heterocycles. The van der Waals surface area contributed by atoms with Crippen molar-refractivity contribution in [3.8, 4) is 5.75 Å². The molecule has 1 N–H and O–H groups in total. The largest absolute Gasteiger partial charge is 0.490 e. The lowest BCUT2D eigenvalue weighted by molar-refractivity contribution is 0.170. The summed E-state index contributed by atoms with van der Waals surface area (Å²) in [7, 11) is 0. The van der Waals surface area contributed by atoms with Gasteiger partial charge >= 0.3 is 0 Å². The number of aromatic amines is 1. The zero-order valence-corrected chi connectivity index (χ0v) is 12.4. The summed E-state index contributed by atoms with van der Waals surface area (Å²) in [4.78, 5) is 18.0. The molecule has 1 aliphatic rings. The number of rotatable bonds is 3. The summed E-state index contributed by atoms with van der Waals surface area (Å²) in [5.41, 5.74) is 1.55. The van der Waals surface area contributed by atoms with Crippen LogP contribution in [0.25, 0.3) is 11.2 Å². The van der Waals surface area contributed by atoms with Gasteiger partial charge < -0.3 is 14.6 Å². The Kier molecular flexibility index (Phi) is 3.53. The van der Waals surface area contributed by atoms with Crippen molar-refractivity contribution in [2.45, 2.75) is 18.9 Å². The Morgan fingerprint density at radius 1 is 1.09 bits per heavy atom. The molecule has 0 unspecified atom stereocenters. The Labute approximate surface area is 132 Å². The summed E-state index contributed by atoms with van der Waals surface area (Å²) < 4.78 is 18.8. The van der Waals surface area contributed by atoms with E-state index in [0.717, 1.165) is 37.3 Å². The van der Waals surface area contributed by atoms with Crippen LogP contribution < -0.4 is 9.64 Å². The van der Waals surface area contributed by atoms with Crippen molar-refractivity contribution in [3.05, 3.63) is 42.7 Å². The molecule has 3 aromatic rings. The average Bonchev–Trinajstić information content (AvgIpc) is 3.06. The predicted molar refractivity (Wildman–Crippen MR) is 83.9 cm³/mol. The van der Waals surface area contributed by atoms with Crippen molar-refractivity contribution >= 4 is 17.0 Å². The normalized spacial score (nSPS) is 16.0. The smallest absolute Gasteiger partial charge is 0.182 e. The van der Waals surface area contributed by atoms with Gasteiger partial charge in [0.25, 0.3) is 0 Å². The summed E-state index contributed by atoms with van der Waals surface area (Å²) in [5.74, 6) is 1.34. The molecule has 0 radical (unpaired) electrons. The third-order valence-electron chi connectivity index (χ3n) is 4.06. The maximum absolute atomic E-state index is 12.9. The fourth-order valence-electron chi connectivity index (χ4n) is 2.88. The lowest BCUT2D eigenvalue weighted by Crippen LogP contribution is -2.38. The van der Waals surface area contributed by atoms with Crippen LogP contribution in [0.5, 0.6) is 5.75 Å². The van der Waals surface area contributed by atoms with Crippen LogP contribution in [-0.2, 0) is 0 Å². The molecule has 0 saturated carbocycles. The maximum atomic E-state index is 12.9. The van der Waals surface area contributed by atoms with E-state index < -0.39 is 0 Å². The van der Waals surface area contributed by atoms with Gasteiger partial charge in [0.15, 0.2) is 11.5 Å². The second-order valence-electron chi connectivity index (χ2n) is 5.56. The molecule has 2 aromatic heterocycles. The third kappa shape index (κ3) is 2.81. The topological polar surface area (TPSA) is 66.9 Å². The molecular formula is C16H16FN5O. The quantitative estimate of drug-likeness (QED) is 0.805. The number of hydrogen-bond acceptors (Lipinski definition) is 5. The van der Waals surface area contributed by atoms with Crippen LogP contribution in [0.1, 0.15) is 12.8 Å². The van der Waals surface area contributed by atoms with E-state index in [1.165, 1.54) is 12.1 Å². The number of benzene rings is 1. The van der Waals surface area contributed by atoms with Gasteiger partial charge in [-0.3, -0.25) is 0 Å². The number of hydrogen-bond donors (Lipinski definition) is 1. The van der Waals surface area contributed by atoms with E-state index in [9.17, 15) is 4.39 Å². The highest BCUT2D eigenvalue weighted by molar-refractivity contribution is 5.82. The monoisotopic (exact) mass is 313 g/mol. The standard InChI is InChI=1S/C16H16FN5O/c17-11-1-3-12(4-2-11)23-13-5-7-22(8-6-13)16-14-15(19-9-18-14)20-10-21-16/h1-4,9-10,13H,5-8H2,(H,18,19,20,21). The average molecular weight is 313 g/mol. The molecule has 4 rings (SSSR count). The minimum atomic E-state index is -0.250. The van der Waals surface area contributed by atoms with Gasteiger partial charge in [-0.1, -0.05) is 0 Å². The second kappa shape index (κ2) is 5.83. The molecule has 0 amide bonds. The SMILES string of the molecule is Fc1ccc(OC2CCN(c3ncnc4nc[nH]c34)CC2)cc1. The summed E-state index contributed by atoms with van der Waals surface area (Å²) in [6, 6.07) is 6.17. The fraction of sp³-hybridized carbons (Fsp3) is 0.312. The van der Waals surface area contributed by atoms with Gasteiger partial charge in [0.05, 0.1) is 6.33 Å². The number of nitrogens with zero attached hydrogens (tertiary/aromatic N) is 4. The molecule has 0 spiro atoms. The van der Waals surface area contributed by atoms with E-state index in [1.54, 1.807) is 24.8 Å². The van der Waals surface area contributed by atoms with Crippen LogP contribution in [0.2, 0.25) is 0 Å². The van der Waals surface area contributed by atoms with Crippen molar-refractivity contribution < 1.29 is 9.13 Å². The molecule has 0 bridgehead atoms. The molecule has 1 aromatic carbocycles. The summed E-state index contributed by atoms with van der Waals surface area (Å²) in [6.07, 6.45) is 5.08. The van der Waals surface area contributed by atoms with Crippen molar-refractivity contribution in [1.29, 1.82) is 0 Å². The zero-order chi connectivity index (χ0) is 15.6. The Morgan fingerprint density at radius 2 is 1.87 bits per heavy atom. The minimum absolute atomic E-state index is 0.135. The molecule has 6 nitrogen and oxygen atoms in total. The molecule has 118 valence electrons. The summed E-state index contributed by atoms with van der Waals surface area (Å²) in [5, 5.41) is 0. The summed E-state index contributed by atoms with van der Waals surface area (Å²) >= 11 is 0. The van der Waals surface area contributed by atoms with Gasteiger partial charge in [-0.15, -0.1) is 0 Å². The Balaban J connectivity index is 1.43. The zero-order valence-electron chi connectivity index (χ0n) is 12.4. The molecule has 0 aliphatic carbocycles. The van der Waals surface area contributed by atoms with Crippen molar-refractivity contribution in [2.24, 2.45) is 0 Å². The van der Waals surface area contributed by atoms with Gasteiger partial charge in [-0.25, -0.2) is 19.3 Å². The minimum Gasteiger partial charge on any atom is -0.490 e. The van der Waals surface area contributed by atoms with Gasteiger partial charge in [-0.2, -0.15) is 0 Å². The Hall–Kier alpha value is -2.70. The number of halogens is 1. The summed E-state index contributed by atoms with van der Waals surface area (Å²) in [6.45, 7) is 1.69. The highest BCUT2D eigenvalue weighted by Gasteiger charge is 2.23. The highest BCUT2D eigenvalue weighted by atomic mass is 19.1. The number of piperidine rings is 1. The molecule has 23 heavy (non-hydrogen) atoms. The van der Waals surface area contributed by atoms with Crippen LogP contribution in [0.15, 0.2) is 36.9 Å². The molecule has 3 heterocycles. The van der Waals surface area contributed by atoms with Crippen molar-refractivity contribution in [2.75, 3.05) is 18.0 Å². The van der Waals surface area contributed by atoms with Crippen LogP contribution in [0.4, 0.5) is 10.2 Å². The van der Waals surface area contributed by atoms with E-state index >= 15 is 0 Å². The first-order valence-electron chi connectivity index (χ1n) is 7.61. The molecule has 1 aliphatic heterocycles. The number of nitrogens with one attached hydrogen (secondary N) is 1. The molecule has 0 atom stereocenters. The van der Waals surface area contributed by atoms with E-state index in [1.807, 2.05) is 0 Å². The number of H-pyrrole nitrogens is 1. The maximum Gasteiger partial charge on any atom is 0.182 e. The van der Waals surface area contributed by atoms with Gasteiger partial charge in [0.2, 0.25) is 0 Å². The highest BCUT2D eigenvalue weighted by Crippen LogP contribution is 2.25. The van der Waals surface area contributed by atoms with Gasteiger partial charge in [0, 0.05) is 25.9 Å². The fourth-order valence-corrected chi connectivity index (χ4v) is 2.88. The lowest BCUT2D eigenvalue weighted by atomic mass is 10.1. The van der Waals surface area contributed by atoms with E-state index in [4.69, 9.17) is 4.74 Å². The molecule has 7 heteroatoms. The predicted octanol–water partition coefficient (Wildman–Crippen LogP) is 2.54. The van der Waals surface area contributed by atoms with Crippen LogP contribution in [0, 0.1) is 5.82 Å². The van der Waals surface area contributed by atoms with E-state index in [0.29, 0.717) is 11.4 Å². The van der Waals surface area contributed by atoms with E-state index in [2.05, 4.69) is 24.8 Å². The van der Waals surface area contributed by atoms with Gasteiger partial charge in [0.1, 0.15) is 29.5 Å². The number of imidazole rings is 1.